The summed E-state index contributed by atoms with van der Waals surface area (Å²) in [5.74, 6) is 0. The molecular weight excluding hydrogens is 154 g/mol. The average molecular weight is 171 g/mol. The highest BCUT2D eigenvalue weighted by Crippen LogP contribution is 2.06. The van der Waals surface area contributed by atoms with E-state index < -0.39 is 0 Å². The van der Waals surface area contributed by atoms with Crippen molar-refractivity contribution >= 4 is 6.03 Å². The molecule has 0 aromatic carbocycles. The highest BCUT2D eigenvalue weighted by atomic mass is 16.2. The first kappa shape index (κ1) is 9.32. The summed E-state index contributed by atoms with van der Waals surface area (Å²) in [7, 11) is 0. The number of hydrogen-bond donors (Lipinski definition) is 2. The van der Waals surface area contributed by atoms with E-state index in [1.165, 1.54) is 0 Å². The second kappa shape index (κ2) is 3.31. The molecule has 0 spiro atoms. The quantitative estimate of drug-likeness (QED) is 0.634. The molecule has 1 saturated heterocycles. The Balaban J connectivity index is 2.27. The summed E-state index contributed by atoms with van der Waals surface area (Å²) >= 11 is 0. The Morgan fingerprint density at radius 2 is 2.33 bits per heavy atom. The molecule has 0 aromatic heterocycles. The highest BCUT2D eigenvalue weighted by Gasteiger charge is 2.21. The first-order valence-corrected chi connectivity index (χ1v) is 4.31. The van der Waals surface area contributed by atoms with Crippen LogP contribution in [0.4, 0.5) is 4.79 Å². The molecule has 1 rings (SSSR count). The molecule has 1 fully saturated rings. The molecule has 0 aliphatic carbocycles. The van der Waals surface area contributed by atoms with Crippen LogP contribution in [0, 0.1) is 0 Å². The van der Waals surface area contributed by atoms with E-state index in [0.29, 0.717) is 0 Å². The number of urea groups is 1. The van der Waals surface area contributed by atoms with Crippen LogP contribution < -0.4 is 11.1 Å². The van der Waals surface area contributed by atoms with Gasteiger partial charge in [-0.2, -0.15) is 0 Å². The van der Waals surface area contributed by atoms with Crippen molar-refractivity contribution in [2.45, 2.75) is 25.8 Å². The van der Waals surface area contributed by atoms with E-state index in [1.807, 2.05) is 13.8 Å². The maximum absolute atomic E-state index is 11.1. The molecule has 4 heteroatoms. The van der Waals surface area contributed by atoms with Gasteiger partial charge in [0.25, 0.3) is 0 Å². The second-order valence-electron chi connectivity index (χ2n) is 3.96. The third-order valence-corrected chi connectivity index (χ3v) is 1.97. The van der Waals surface area contributed by atoms with Gasteiger partial charge >= 0.3 is 6.03 Å². The lowest BCUT2D eigenvalue weighted by Crippen LogP contribution is -2.38. The maximum atomic E-state index is 11.1. The Morgan fingerprint density at radius 1 is 1.67 bits per heavy atom. The fourth-order valence-corrected chi connectivity index (χ4v) is 1.15. The molecule has 12 heavy (non-hydrogen) atoms. The van der Waals surface area contributed by atoms with Crippen LogP contribution >= 0.6 is 0 Å². The molecule has 4 nitrogen and oxygen atoms in total. The van der Waals surface area contributed by atoms with Crippen LogP contribution in [-0.2, 0) is 0 Å². The summed E-state index contributed by atoms with van der Waals surface area (Å²) in [6, 6.07) is 0.0410. The van der Waals surface area contributed by atoms with Gasteiger partial charge in [0.15, 0.2) is 0 Å². The van der Waals surface area contributed by atoms with Gasteiger partial charge in [-0.3, -0.25) is 0 Å². The van der Waals surface area contributed by atoms with E-state index in [1.54, 1.807) is 4.90 Å². The minimum Gasteiger partial charge on any atom is -0.336 e. The minimum atomic E-state index is -0.178. The molecule has 3 N–H and O–H groups in total. The smallest absolute Gasteiger partial charge is 0.317 e. The molecule has 0 atom stereocenters. The van der Waals surface area contributed by atoms with Crippen molar-refractivity contribution in [1.29, 1.82) is 0 Å². The molecule has 0 radical (unpaired) electrons. The first-order valence-electron chi connectivity index (χ1n) is 4.31. The summed E-state index contributed by atoms with van der Waals surface area (Å²) in [5, 5.41) is 2.75. The molecular formula is C8H17N3O. The Kier molecular flexibility index (Phi) is 2.57. The summed E-state index contributed by atoms with van der Waals surface area (Å²) in [6.45, 7) is 6.29. The number of hydrogen-bond acceptors (Lipinski definition) is 2. The van der Waals surface area contributed by atoms with Crippen molar-refractivity contribution in [3.8, 4) is 0 Å². The van der Waals surface area contributed by atoms with Gasteiger partial charge in [0.1, 0.15) is 0 Å². The lowest BCUT2D eigenvalue weighted by molar-refractivity contribution is 0.213. The van der Waals surface area contributed by atoms with E-state index in [0.717, 1.165) is 26.1 Å². The molecule has 0 bridgehead atoms. The van der Waals surface area contributed by atoms with Crippen LogP contribution in [0.15, 0.2) is 0 Å². The monoisotopic (exact) mass is 171 g/mol. The van der Waals surface area contributed by atoms with Gasteiger partial charge in [-0.25, -0.2) is 4.79 Å². The molecule has 0 saturated carbocycles. The first-order chi connectivity index (χ1) is 5.49. The molecule has 1 aliphatic rings. The summed E-state index contributed by atoms with van der Waals surface area (Å²) < 4.78 is 0. The molecule has 70 valence electrons. The topological polar surface area (TPSA) is 58.4 Å². The SMILES string of the molecule is CC(C)(N)CCN1CCNC1=O. The third kappa shape index (κ3) is 2.70. The van der Waals surface area contributed by atoms with Crippen LogP contribution in [0.3, 0.4) is 0 Å². The van der Waals surface area contributed by atoms with Gasteiger partial charge < -0.3 is 16.0 Å². The van der Waals surface area contributed by atoms with Crippen molar-refractivity contribution in [1.82, 2.24) is 10.2 Å². The van der Waals surface area contributed by atoms with Gasteiger partial charge in [0.2, 0.25) is 0 Å². The second-order valence-corrected chi connectivity index (χ2v) is 3.96. The van der Waals surface area contributed by atoms with E-state index >= 15 is 0 Å². The summed E-state index contributed by atoms with van der Waals surface area (Å²) in [4.78, 5) is 12.9. The van der Waals surface area contributed by atoms with E-state index in [4.69, 9.17) is 5.73 Å². The van der Waals surface area contributed by atoms with E-state index in [9.17, 15) is 4.79 Å². The normalized spacial score (nSPS) is 18.2. The largest absolute Gasteiger partial charge is 0.336 e. The van der Waals surface area contributed by atoms with Crippen LogP contribution in [0.5, 0.6) is 0 Å². The predicted molar refractivity (Wildman–Crippen MR) is 47.9 cm³/mol. The number of nitrogens with one attached hydrogen (secondary N) is 1. The van der Waals surface area contributed by atoms with Gasteiger partial charge in [-0.1, -0.05) is 0 Å². The van der Waals surface area contributed by atoms with Crippen LogP contribution in [0.2, 0.25) is 0 Å². The van der Waals surface area contributed by atoms with E-state index in [-0.39, 0.29) is 11.6 Å². The van der Waals surface area contributed by atoms with Crippen molar-refractivity contribution in [3.63, 3.8) is 0 Å². The lowest BCUT2D eigenvalue weighted by atomic mass is 10.0. The Morgan fingerprint density at radius 3 is 2.75 bits per heavy atom. The molecule has 1 aliphatic heterocycles. The van der Waals surface area contributed by atoms with Gasteiger partial charge in [0, 0.05) is 25.2 Å². The molecule has 0 unspecified atom stereocenters. The summed E-state index contributed by atoms with van der Waals surface area (Å²) in [5.41, 5.74) is 5.62. The molecule has 2 amide bonds. The number of amides is 2. The van der Waals surface area contributed by atoms with Gasteiger partial charge in [0.05, 0.1) is 0 Å². The van der Waals surface area contributed by atoms with E-state index in [2.05, 4.69) is 5.32 Å². The number of nitrogens with zero attached hydrogens (tertiary/aromatic N) is 1. The van der Waals surface area contributed by atoms with Crippen molar-refractivity contribution < 1.29 is 4.79 Å². The standard InChI is InChI=1S/C8H17N3O/c1-8(2,9)3-5-11-6-4-10-7(11)12/h3-6,9H2,1-2H3,(H,10,12). The highest BCUT2D eigenvalue weighted by molar-refractivity contribution is 5.76. The zero-order chi connectivity index (χ0) is 9.19. The average Bonchev–Trinajstić information content (AvgIpc) is 2.29. The minimum absolute atomic E-state index is 0.0410. The number of carbonyl (C=O) groups excluding carboxylic acids is 1. The zero-order valence-electron chi connectivity index (χ0n) is 7.76. The van der Waals surface area contributed by atoms with Gasteiger partial charge in [-0.15, -0.1) is 0 Å². The van der Waals surface area contributed by atoms with Crippen molar-refractivity contribution in [2.75, 3.05) is 19.6 Å². The van der Waals surface area contributed by atoms with Crippen molar-refractivity contribution in [3.05, 3.63) is 0 Å². The number of nitrogens with two attached hydrogens (primary N) is 1. The fraction of sp³-hybridized carbons (Fsp3) is 0.875. The number of rotatable bonds is 3. The van der Waals surface area contributed by atoms with Gasteiger partial charge in [-0.05, 0) is 20.3 Å². The third-order valence-electron chi connectivity index (χ3n) is 1.97. The Hall–Kier alpha value is -0.770. The maximum Gasteiger partial charge on any atom is 0.317 e. The summed E-state index contributed by atoms with van der Waals surface area (Å²) in [6.07, 6.45) is 0.848. The van der Waals surface area contributed by atoms with Crippen LogP contribution in [-0.4, -0.2) is 36.1 Å². The Bertz CT molecular complexity index is 174. The fourth-order valence-electron chi connectivity index (χ4n) is 1.15. The Labute approximate surface area is 73.1 Å². The molecule has 1 heterocycles. The lowest BCUT2D eigenvalue weighted by Gasteiger charge is -2.22. The van der Waals surface area contributed by atoms with Crippen molar-refractivity contribution in [2.24, 2.45) is 5.73 Å². The van der Waals surface area contributed by atoms with Crippen LogP contribution in [0.25, 0.3) is 0 Å². The van der Waals surface area contributed by atoms with Crippen LogP contribution in [0.1, 0.15) is 20.3 Å². The number of carbonyl (C=O) groups is 1. The zero-order valence-corrected chi connectivity index (χ0v) is 7.76. The predicted octanol–water partition coefficient (Wildman–Crippen LogP) is 0.139. The molecule has 0 aromatic rings.